The first-order chi connectivity index (χ1) is 8.54. The van der Waals surface area contributed by atoms with Gasteiger partial charge in [-0.15, -0.1) is 6.58 Å². The molecular formula is C12H20N2O4. The normalized spacial score (nSPS) is 18.4. The highest BCUT2D eigenvalue weighted by Gasteiger charge is 2.24. The maximum atomic E-state index is 12.0. The lowest BCUT2D eigenvalue weighted by Gasteiger charge is -2.27. The highest BCUT2D eigenvalue weighted by atomic mass is 16.5. The van der Waals surface area contributed by atoms with Gasteiger partial charge >= 0.3 is 12.0 Å². The van der Waals surface area contributed by atoms with Crippen molar-refractivity contribution in [3.63, 3.8) is 0 Å². The van der Waals surface area contributed by atoms with Gasteiger partial charge in [0.2, 0.25) is 0 Å². The summed E-state index contributed by atoms with van der Waals surface area (Å²) in [5.41, 5.74) is 0. The second-order valence-corrected chi connectivity index (χ2v) is 4.36. The summed E-state index contributed by atoms with van der Waals surface area (Å²) in [6.45, 7) is 4.65. The van der Waals surface area contributed by atoms with Crippen molar-refractivity contribution in [2.75, 3.05) is 33.3 Å². The topological polar surface area (TPSA) is 70.1 Å². The molecule has 1 rings (SSSR count). The predicted molar refractivity (Wildman–Crippen MR) is 66.4 cm³/mol. The zero-order chi connectivity index (χ0) is 13.5. The lowest BCUT2D eigenvalue weighted by Crippen LogP contribution is -2.46. The number of likely N-dealkylation sites (N-methyl/N-ethyl adjacent to an activating group) is 1. The Morgan fingerprint density at radius 3 is 2.78 bits per heavy atom. The average molecular weight is 256 g/mol. The van der Waals surface area contributed by atoms with Crippen LogP contribution in [0.4, 0.5) is 4.79 Å². The van der Waals surface area contributed by atoms with Crippen LogP contribution in [0.5, 0.6) is 0 Å². The first-order valence-electron chi connectivity index (χ1n) is 5.99. The van der Waals surface area contributed by atoms with Crippen LogP contribution in [0.3, 0.4) is 0 Å². The van der Waals surface area contributed by atoms with Gasteiger partial charge in [-0.05, 0) is 12.8 Å². The van der Waals surface area contributed by atoms with E-state index in [0.29, 0.717) is 6.54 Å². The van der Waals surface area contributed by atoms with Gasteiger partial charge in [-0.25, -0.2) is 4.79 Å². The molecule has 102 valence electrons. The summed E-state index contributed by atoms with van der Waals surface area (Å²) in [4.78, 5) is 25.5. The summed E-state index contributed by atoms with van der Waals surface area (Å²) in [5, 5.41) is 8.75. The van der Waals surface area contributed by atoms with Crippen molar-refractivity contribution >= 4 is 12.0 Å². The molecular weight excluding hydrogens is 236 g/mol. The molecule has 1 fully saturated rings. The highest BCUT2D eigenvalue weighted by Crippen LogP contribution is 2.13. The van der Waals surface area contributed by atoms with Crippen LogP contribution in [0.25, 0.3) is 0 Å². The largest absolute Gasteiger partial charge is 0.480 e. The Kier molecular flexibility index (Phi) is 5.64. The van der Waals surface area contributed by atoms with E-state index in [2.05, 4.69) is 6.58 Å². The van der Waals surface area contributed by atoms with E-state index < -0.39 is 5.97 Å². The molecule has 0 spiro atoms. The fourth-order valence-electron chi connectivity index (χ4n) is 1.94. The zero-order valence-corrected chi connectivity index (χ0v) is 10.7. The van der Waals surface area contributed by atoms with Gasteiger partial charge in [0.05, 0.1) is 6.10 Å². The minimum atomic E-state index is -1.03. The second-order valence-electron chi connectivity index (χ2n) is 4.36. The smallest absolute Gasteiger partial charge is 0.323 e. The van der Waals surface area contributed by atoms with Crippen molar-refractivity contribution in [1.29, 1.82) is 0 Å². The number of nitrogens with zero attached hydrogens (tertiary/aromatic N) is 2. The number of hydrogen-bond donors (Lipinski definition) is 1. The number of carbonyl (C=O) groups excluding carboxylic acids is 1. The van der Waals surface area contributed by atoms with Crippen LogP contribution >= 0.6 is 0 Å². The molecule has 1 aliphatic rings. The fourth-order valence-corrected chi connectivity index (χ4v) is 1.94. The van der Waals surface area contributed by atoms with Crippen LogP contribution in [0.15, 0.2) is 12.7 Å². The summed E-state index contributed by atoms with van der Waals surface area (Å²) in [6, 6.07) is -0.312. The molecule has 1 aliphatic heterocycles. The standard InChI is InChI=1S/C12H20N2O4/c1-3-6-14(9-11(15)16)12(17)13(2)8-10-5-4-7-18-10/h3,10H,1,4-9H2,2H3,(H,15,16). The van der Waals surface area contributed by atoms with E-state index >= 15 is 0 Å². The third-order valence-corrected chi connectivity index (χ3v) is 2.77. The molecule has 1 saturated heterocycles. The Morgan fingerprint density at radius 2 is 2.28 bits per heavy atom. The van der Waals surface area contributed by atoms with E-state index in [1.165, 1.54) is 15.9 Å². The van der Waals surface area contributed by atoms with E-state index in [9.17, 15) is 9.59 Å². The molecule has 0 aliphatic carbocycles. The number of hydrogen-bond acceptors (Lipinski definition) is 3. The maximum Gasteiger partial charge on any atom is 0.323 e. The fraction of sp³-hybridized carbons (Fsp3) is 0.667. The van der Waals surface area contributed by atoms with Gasteiger partial charge in [-0.1, -0.05) is 6.08 Å². The Hall–Kier alpha value is -1.56. The van der Waals surface area contributed by atoms with Crippen LogP contribution in [0.2, 0.25) is 0 Å². The van der Waals surface area contributed by atoms with Crippen LogP contribution in [0.1, 0.15) is 12.8 Å². The SMILES string of the molecule is C=CCN(CC(=O)O)C(=O)N(C)CC1CCCO1. The van der Waals surface area contributed by atoms with Crippen LogP contribution in [-0.4, -0.2) is 66.3 Å². The van der Waals surface area contributed by atoms with Crippen molar-refractivity contribution in [2.45, 2.75) is 18.9 Å². The number of ether oxygens (including phenoxy) is 1. The van der Waals surface area contributed by atoms with Crippen LogP contribution < -0.4 is 0 Å². The molecule has 0 aromatic rings. The van der Waals surface area contributed by atoms with E-state index in [0.717, 1.165) is 19.4 Å². The lowest BCUT2D eigenvalue weighted by molar-refractivity contribution is -0.137. The number of aliphatic carboxylic acids is 1. The molecule has 0 aromatic carbocycles. The number of carboxylic acids is 1. The minimum Gasteiger partial charge on any atom is -0.480 e. The van der Waals surface area contributed by atoms with Crippen molar-refractivity contribution in [1.82, 2.24) is 9.80 Å². The predicted octanol–water partition coefficient (Wildman–Crippen LogP) is 0.790. The van der Waals surface area contributed by atoms with E-state index in [-0.39, 0.29) is 25.2 Å². The van der Waals surface area contributed by atoms with Crippen LogP contribution in [-0.2, 0) is 9.53 Å². The zero-order valence-electron chi connectivity index (χ0n) is 10.7. The van der Waals surface area contributed by atoms with Gasteiger partial charge in [-0.2, -0.15) is 0 Å². The number of rotatable bonds is 6. The first kappa shape index (κ1) is 14.5. The van der Waals surface area contributed by atoms with Crippen molar-refractivity contribution in [3.05, 3.63) is 12.7 Å². The maximum absolute atomic E-state index is 12.0. The molecule has 0 aromatic heterocycles. The first-order valence-corrected chi connectivity index (χ1v) is 5.99. The van der Waals surface area contributed by atoms with Crippen LogP contribution in [0, 0.1) is 0 Å². The number of urea groups is 1. The van der Waals surface area contributed by atoms with Gasteiger partial charge in [0.15, 0.2) is 0 Å². The molecule has 0 saturated carbocycles. The van der Waals surface area contributed by atoms with Crippen molar-refractivity contribution in [3.8, 4) is 0 Å². The quantitative estimate of drug-likeness (QED) is 0.713. The number of carbonyl (C=O) groups is 2. The Bertz CT molecular complexity index is 313. The molecule has 1 atom stereocenters. The molecule has 1 heterocycles. The Balaban J connectivity index is 2.51. The van der Waals surface area contributed by atoms with Gasteiger partial charge in [-0.3, -0.25) is 4.79 Å². The van der Waals surface area contributed by atoms with Gasteiger partial charge in [0.1, 0.15) is 6.54 Å². The highest BCUT2D eigenvalue weighted by molar-refractivity contribution is 5.80. The Morgan fingerprint density at radius 1 is 1.56 bits per heavy atom. The molecule has 0 bridgehead atoms. The average Bonchev–Trinajstić information content (AvgIpc) is 2.79. The molecule has 2 amide bonds. The van der Waals surface area contributed by atoms with Crippen molar-refractivity contribution < 1.29 is 19.4 Å². The molecule has 1 unspecified atom stereocenters. The monoisotopic (exact) mass is 256 g/mol. The molecule has 0 radical (unpaired) electrons. The third-order valence-electron chi connectivity index (χ3n) is 2.77. The molecule has 1 N–H and O–H groups in total. The molecule has 18 heavy (non-hydrogen) atoms. The Labute approximate surface area is 107 Å². The third kappa shape index (κ3) is 4.37. The summed E-state index contributed by atoms with van der Waals surface area (Å²) in [5.74, 6) is -1.03. The number of amides is 2. The number of carboxylic acid groups (broad SMARTS) is 1. The minimum absolute atomic E-state index is 0.0642. The summed E-state index contributed by atoms with van der Waals surface area (Å²) in [6.07, 6.45) is 3.53. The molecule has 6 heteroatoms. The lowest BCUT2D eigenvalue weighted by atomic mass is 10.2. The summed E-state index contributed by atoms with van der Waals surface area (Å²) >= 11 is 0. The van der Waals surface area contributed by atoms with Gasteiger partial charge in [0.25, 0.3) is 0 Å². The van der Waals surface area contributed by atoms with Crippen molar-refractivity contribution in [2.24, 2.45) is 0 Å². The second kappa shape index (κ2) is 7.00. The van der Waals surface area contributed by atoms with E-state index in [1.54, 1.807) is 7.05 Å². The van der Waals surface area contributed by atoms with E-state index in [1.807, 2.05) is 0 Å². The summed E-state index contributed by atoms with van der Waals surface area (Å²) < 4.78 is 5.45. The van der Waals surface area contributed by atoms with E-state index in [4.69, 9.17) is 9.84 Å². The molecule has 6 nitrogen and oxygen atoms in total. The van der Waals surface area contributed by atoms with Gasteiger partial charge < -0.3 is 19.6 Å². The summed E-state index contributed by atoms with van der Waals surface area (Å²) in [7, 11) is 1.65. The van der Waals surface area contributed by atoms with Gasteiger partial charge in [0, 0.05) is 26.7 Å².